The molecule has 1 heterocycles. The minimum atomic E-state index is -0.749. The Labute approximate surface area is 142 Å². The molecule has 0 spiro atoms. The summed E-state index contributed by atoms with van der Waals surface area (Å²) in [6.45, 7) is 1.61. The molecule has 3 aromatic rings. The summed E-state index contributed by atoms with van der Waals surface area (Å²) in [5.74, 6) is -0.920. The van der Waals surface area contributed by atoms with E-state index in [0.717, 1.165) is 0 Å². The van der Waals surface area contributed by atoms with Crippen molar-refractivity contribution in [1.82, 2.24) is 9.97 Å². The lowest BCUT2D eigenvalue weighted by atomic mass is 10.1. The van der Waals surface area contributed by atoms with Crippen molar-refractivity contribution in [2.24, 2.45) is 5.73 Å². The van der Waals surface area contributed by atoms with Crippen LogP contribution in [0.4, 0.5) is 0 Å². The number of nitrogens with zero attached hydrogens (tertiary/aromatic N) is 1. The maximum absolute atomic E-state index is 12.2. The van der Waals surface area contributed by atoms with E-state index in [1.807, 2.05) is 0 Å². The van der Waals surface area contributed by atoms with Gasteiger partial charge in [0.2, 0.25) is 5.91 Å². The average molecular weight is 337 g/mol. The molecule has 0 bridgehead atoms. The molecule has 0 aliphatic heterocycles. The second kappa shape index (κ2) is 6.56. The van der Waals surface area contributed by atoms with Gasteiger partial charge in [-0.3, -0.25) is 9.59 Å². The van der Waals surface area contributed by atoms with Crippen LogP contribution in [0.25, 0.3) is 10.9 Å². The third kappa shape index (κ3) is 3.40. The Morgan fingerprint density at radius 1 is 1.08 bits per heavy atom. The number of rotatable bonds is 4. The summed E-state index contributed by atoms with van der Waals surface area (Å²) in [7, 11) is 0. The van der Waals surface area contributed by atoms with Gasteiger partial charge in [-0.25, -0.2) is 9.78 Å². The zero-order chi connectivity index (χ0) is 18.0. The number of ether oxygens (including phenoxy) is 1. The van der Waals surface area contributed by atoms with Gasteiger partial charge in [-0.05, 0) is 43.3 Å². The van der Waals surface area contributed by atoms with Crippen molar-refractivity contribution >= 4 is 22.8 Å². The summed E-state index contributed by atoms with van der Waals surface area (Å²) in [5.41, 5.74) is 5.95. The van der Waals surface area contributed by atoms with Crippen LogP contribution < -0.4 is 11.3 Å². The van der Waals surface area contributed by atoms with Crippen LogP contribution in [0.1, 0.15) is 39.6 Å². The SMILES string of the molecule is C[C@@H](OC(=O)c1ccc(C(N)=O)cc1)c1nc2ccccc2c(=O)[nH]1. The number of hydrogen-bond acceptors (Lipinski definition) is 5. The third-order valence-electron chi connectivity index (χ3n) is 3.71. The van der Waals surface area contributed by atoms with Gasteiger partial charge in [0.15, 0.2) is 11.9 Å². The van der Waals surface area contributed by atoms with E-state index < -0.39 is 18.0 Å². The highest BCUT2D eigenvalue weighted by Crippen LogP contribution is 2.16. The van der Waals surface area contributed by atoms with E-state index in [1.165, 1.54) is 24.3 Å². The van der Waals surface area contributed by atoms with E-state index in [2.05, 4.69) is 9.97 Å². The standard InChI is InChI=1S/C18H15N3O4/c1-10(16-20-14-5-3-2-4-13(14)17(23)21-16)25-18(24)12-8-6-11(7-9-12)15(19)22/h2-10H,1H3,(H2,19,22)(H,20,21,23)/t10-/m1/s1. The van der Waals surface area contributed by atoms with E-state index in [1.54, 1.807) is 31.2 Å². The monoisotopic (exact) mass is 337 g/mol. The number of aromatic amines is 1. The van der Waals surface area contributed by atoms with Crippen LogP contribution in [-0.2, 0) is 4.74 Å². The lowest BCUT2D eigenvalue weighted by Gasteiger charge is -2.13. The molecule has 2 aromatic carbocycles. The second-order valence-electron chi connectivity index (χ2n) is 5.46. The topological polar surface area (TPSA) is 115 Å². The van der Waals surface area contributed by atoms with Crippen molar-refractivity contribution in [2.75, 3.05) is 0 Å². The number of esters is 1. The fourth-order valence-electron chi connectivity index (χ4n) is 2.35. The number of H-pyrrole nitrogens is 1. The molecule has 126 valence electrons. The van der Waals surface area contributed by atoms with E-state index in [0.29, 0.717) is 16.5 Å². The zero-order valence-electron chi connectivity index (χ0n) is 13.4. The molecule has 0 saturated heterocycles. The van der Waals surface area contributed by atoms with Gasteiger partial charge in [-0.15, -0.1) is 0 Å². The predicted molar refractivity (Wildman–Crippen MR) is 91.2 cm³/mol. The molecule has 3 N–H and O–H groups in total. The maximum Gasteiger partial charge on any atom is 0.338 e. The largest absolute Gasteiger partial charge is 0.451 e. The van der Waals surface area contributed by atoms with Crippen molar-refractivity contribution in [1.29, 1.82) is 0 Å². The molecule has 0 unspecified atom stereocenters. The first kappa shape index (κ1) is 16.4. The number of primary amides is 1. The minimum Gasteiger partial charge on any atom is -0.451 e. The van der Waals surface area contributed by atoms with Crippen molar-refractivity contribution in [3.8, 4) is 0 Å². The van der Waals surface area contributed by atoms with E-state index in [4.69, 9.17) is 10.5 Å². The van der Waals surface area contributed by atoms with Gasteiger partial charge >= 0.3 is 5.97 Å². The van der Waals surface area contributed by atoms with Crippen LogP contribution in [0.5, 0.6) is 0 Å². The molecule has 0 radical (unpaired) electrons. The number of fused-ring (bicyclic) bond motifs is 1. The molecule has 0 saturated carbocycles. The van der Waals surface area contributed by atoms with Crippen LogP contribution in [0.2, 0.25) is 0 Å². The molecule has 25 heavy (non-hydrogen) atoms. The number of carbonyl (C=O) groups excluding carboxylic acids is 2. The summed E-state index contributed by atoms with van der Waals surface area (Å²) in [6.07, 6.45) is -0.749. The van der Waals surface area contributed by atoms with Gasteiger partial charge in [-0.2, -0.15) is 0 Å². The predicted octanol–water partition coefficient (Wildman–Crippen LogP) is 1.94. The van der Waals surface area contributed by atoms with Crippen LogP contribution in [-0.4, -0.2) is 21.8 Å². The summed E-state index contributed by atoms with van der Waals surface area (Å²) in [5, 5.41) is 0.465. The number of nitrogens with one attached hydrogen (secondary N) is 1. The number of aromatic nitrogens is 2. The number of carbonyl (C=O) groups is 2. The summed E-state index contributed by atoms with van der Waals surface area (Å²) in [4.78, 5) is 42.3. The Balaban J connectivity index is 1.81. The highest BCUT2D eigenvalue weighted by Gasteiger charge is 2.17. The first-order valence-electron chi connectivity index (χ1n) is 7.55. The Morgan fingerprint density at radius 3 is 2.40 bits per heavy atom. The number of nitrogens with two attached hydrogens (primary N) is 1. The number of hydrogen-bond donors (Lipinski definition) is 2. The first-order valence-corrected chi connectivity index (χ1v) is 7.55. The van der Waals surface area contributed by atoms with Crippen LogP contribution in [0.15, 0.2) is 53.3 Å². The highest BCUT2D eigenvalue weighted by molar-refractivity contribution is 5.95. The molecule has 7 nitrogen and oxygen atoms in total. The number of amides is 1. The van der Waals surface area contributed by atoms with Gasteiger partial charge in [-0.1, -0.05) is 12.1 Å². The number of benzene rings is 2. The van der Waals surface area contributed by atoms with E-state index >= 15 is 0 Å². The number of para-hydroxylation sites is 1. The van der Waals surface area contributed by atoms with Gasteiger partial charge < -0.3 is 15.5 Å². The molecule has 1 amide bonds. The maximum atomic E-state index is 12.2. The zero-order valence-corrected chi connectivity index (χ0v) is 13.4. The Hall–Kier alpha value is -3.48. The van der Waals surface area contributed by atoms with Gasteiger partial charge in [0.1, 0.15) is 0 Å². The Morgan fingerprint density at radius 2 is 1.72 bits per heavy atom. The normalized spacial score (nSPS) is 11.9. The molecular weight excluding hydrogens is 322 g/mol. The fraction of sp³-hybridized carbons (Fsp3) is 0.111. The van der Waals surface area contributed by atoms with E-state index in [-0.39, 0.29) is 16.9 Å². The van der Waals surface area contributed by atoms with Crippen LogP contribution in [0.3, 0.4) is 0 Å². The highest BCUT2D eigenvalue weighted by atomic mass is 16.5. The molecular formula is C18H15N3O4. The first-order chi connectivity index (χ1) is 12.0. The van der Waals surface area contributed by atoms with Crippen LogP contribution in [0, 0.1) is 0 Å². The lowest BCUT2D eigenvalue weighted by Crippen LogP contribution is -2.17. The van der Waals surface area contributed by atoms with Crippen molar-refractivity contribution in [3.05, 3.63) is 75.8 Å². The molecule has 0 aliphatic rings. The molecule has 1 aromatic heterocycles. The minimum absolute atomic E-state index is 0.255. The molecule has 0 aliphatic carbocycles. The summed E-state index contributed by atoms with van der Waals surface area (Å²) >= 11 is 0. The van der Waals surface area contributed by atoms with Crippen molar-refractivity contribution < 1.29 is 14.3 Å². The van der Waals surface area contributed by atoms with Crippen LogP contribution >= 0.6 is 0 Å². The van der Waals surface area contributed by atoms with Gasteiger partial charge in [0, 0.05) is 5.56 Å². The van der Waals surface area contributed by atoms with Crippen molar-refractivity contribution in [3.63, 3.8) is 0 Å². The molecule has 7 heteroatoms. The van der Waals surface area contributed by atoms with Gasteiger partial charge in [0.05, 0.1) is 16.5 Å². The molecule has 0 fully saturated rings. The third-order valence-corrected chi connectivity index (χ3v) is 3.71. The van der Waals surface area contributed by atoms with Gasteiger partial charge in [0.25, 0.3) is 5.56 Å². The molecule has 3 rings (SSSR count). The lowest BCUT2D eigenvalue weighted by molar-refractivity contribution is 0.0319. The smallest absolute Gasteiger partial charge is 0.338 e. The quantitative estimate of drug-likeness (QED) is 0.706. The average Bonchev–Trinajstić information content (AvgIpc) is 2.61. The summed E-state index contributed by atoms with van der Waals surface area (Å²) in [6, 6.07) is 12.7. The second-order valence-corrected chi connectivity index (χ2v) is 5.46. The van der Waals surface area contributed by atoms with E-state index in [9.17, 15) is 14.4 Å². The Bertz CT molecular complexity index is 1010. The fourth-order valence-corrected chi connectivity index (χ4v) is 2.35. The summed E-state index contributed by atoms with van der Waals surface area (Å²) < 4.78 is 5.34. The molecule has 1 atom stereocenters. The Kier molecular flexibility index (Phi) is 4.30. The van der Waals surface area contributed by atoms with Crippen molar-refractivity contribution in [2.45, 2.75) is 13.0 Å².